The van der Waals surface area contributed by atoms with Crippen LogP contribution in [0.15, 0.2) is 47.4 Å². The van der Waals surface area contributed by atoms with E-state index in [0.717, 1.165) is 0 Å². The van der Waals surface area contributed by atoms with Crippen LogP contribution in [0, 0.1) is 5.82 Å². The second-order valence-corrected chi connectivity index (χ2v) is 4.20. The first-order valence-electron chi connectivity index (χ1n) is 5.29. The number of halogens is 1. The van der Waals surface area contributed by atoms with E-state index in [1.165, 1.54) is 31.4 Å². The van der Waals surface area contributed by atoms with Gasteiger partial charge in [-0.05, 0) is 42.5 Å². The summed E-state index contributed by atoms with van der Waals surface area (Å²) >= 11 is 4.24. The summed E-state index contributed by atoms with van der Waals surface area (Å²) in [6.07, 6.45) is 0. The van der Waals surface area contributed by atoms with Crippen LogP contribution in [0.1, 0.15) is 15.9 Å². The molecule has 0 saturated heterocycles. The van der Waals surface area contributed by atoms with E-state index < -0.39 is 0 Å². The summed E-state index contributed by atoms with van der Waals surface area (Å²) < 4.78 is 17.9. The molecular weight excluding hydrogens is 251 g/mol. The molecule has 0 saturated carbocycles. The Hall–Kier alpha value is -1.81. The van der Waals surface area contributed by atoms with Crippen LogP contribution in [0.4, 0.5) is 4.39 Å². The molecule has 0 radical (unpaired) electrons. The fourth-order valence-electron chi connectivity index (χ4n) is 1.58. The minimum atomic E-state index is -0.372. The zero-order valence-electron chi connectivity index (χ0n) is 9.68. The Morgan fingerprint density at radius 1 is 1.17 bits per heavy atom. The molecule has 0 amide bonds. The number of ether oxygens (including phenoxy) is 1. The van der Waals surface area contributed by atoms with Crippen molar-refractivity contribution in [1.29, 1.82) is 0 Å². The van der Waals surface area contributed by atoms with Crippen molar-refractivity contribution in [3.8, 4) is 5.75 Å². The number of benzene rings is 2. The SMILES string of the molecule is COc1ccc(S)c(C(=O)c2ccc(F)cc2)c1. The molecule has 0 aliphatic rings. The summed E-state index contributed by atoms with van der Waals surface area (Å²) in [6, 6.07) is 10.4. The van der Waals surface area contributed by atoms with Crippen LogP contribution in [-0.4, -0.2) is 12.9 Å². The van der Waals surface area contributed by atoms with E-state index in [0.29, 0.717) is 21.8 Å². The predicted molar refractivity (Wildman–Crippen MR) is 70.1 cm³/mol. The normalized spacial score (nSPS) is 10.2. The van der Waals surface area contributed by atoms with Gasteiger partial charge >= 0.3 is 0 Å². The lowest BCUT2D eigenvalue weighted by Crippen LogP contribution is -2.03. The lowest BCUT2D eigenvalue weighted by atomic mass is 10.0. The van der Waals surface area contributed by atoms with E-state index in [1.54, 1.807) is 18.2 Å². The van der Waals surface area contributed by atoms with Gasteiger partial charge in [-0.2, -0.15) is 0 Å². The van der Waals surface area contributed by atoms with Gasteiger partial charge in [0.05, 0.1) is 7.11 Å². The average molecular weight is 262 g/mol. The van der Waals surface area contributed by atoms with Crippen molar-refractivity contribution in [3.63, 3.8) is 0 Å². The van der Waals surface area contributed by atoms with Gasteiger partial charge in [0.15, 0.2) is 5.78 Å². The highest BCUT2D eigenvalue weighted by Gasteiger charge is 2.13. The third-order valence-corrected chi connectivity index (χ3v) is 2.94. The molecule has 2 rings (SSSR count). The largest absolute Gasteiger partial charge is 0.497 e. The lowest BCUT2D eigenvalue weighted by molar-refractivity contribution is 0.103. The second-order valence-electron chi connectivity index (χ2n) is 3.72. The Labute approximate surface area is 110 Å². The summed E-state index contributed by atoms with van der Waals surface area (Å²) in [7, 11) is 1.53. The van der Waals surface area contributed by atoms with Gasteiger partial charge in [0.1, 0.15) is 11.6 Å². The number of hydrogen-bond donors (Lipinski definition) is 1. The van der Waals surface area contributed by atoms with E-state index in [9.17, 15) is 9.18 Å². The standard InChI is InChI=1S/C14H11FO2S/c1-17-11-6-7-13(18)12(8-11)14(16)9-2-4-10(15)5-3-9/h2-8,18H,1H3. The Bertz CT molecular complexity index is 579. The van der Waals surface area contributed by atoms with Gasteiger partial charge in [0.2, 0.25) is 0 Å². The van der Waals surface area contributed by atoms with Crippen LogP contribution in [0.5, 0.6) is 5.75 Å². The van der Waals surface area contributed by atoms with Crippen molar-refractivity contribution in [3.05, 3.63) is 59.4 Å². The summed E-state index contributed by atoms with van der Waals surface area (Å²) in [5.41, 5.74) is 0.851. The number of carbonyl (C=O) groups is 1. The molecular formula is C14H11FO2S. The number of thiol groups is 1. The minimum Gasteiger partial charge on any atom is -0.497 e. The predicted octanol–water partition coefficient (Wildman–Crippen LogP) is 3.35. The quantitative estimate of drug-likeness (QED) is 0.678. The molecule has 18 heavy (non-hydrogen) atoms. The number of hydrogen-bond acceptors (Lipinski definition) is 3. The third kappa shape index (κ3) is 2.54. The van der Waals surface area contributed by atoms with Crippen molar-refractivity contribution in [2.45, 2.75) is 4.90 Å². The first kappa shape index (κ1) is 12.6. The molecule has 0 aromatic heterocycles. The van der Waals surface area contributed by atoms with Gasteiger partial charge in [0.25, 0.3) is 0 Å². The molecule has 0 bridgehead atoms. The Kier molecular flexibility index (Phi) is 3.67. The molecule has 92 valence electrons. The van der Waals surface area contributed by atoms with Crippen LogP contribution in [0.2, 0.25) is 0 Å². The average Bonchev–Trinajstić information content (AvgIpc) is 2.39. The van der Waals surface area contributed by atoms with Crippen molar-refractivity contribution in [2.24, 2.45) is 0 Å². The third-order valence-electron chi connectivity index (χ3n) is 2.55. The highest BCUT2D eigenvalue weighted by molar-refractivity contribution is 7.80. The highest BCUT2D eigenvalue weighted by atomic mass is 32.1. The molecule has 2 aromatic rings. The van der Waals surface area contributed by atoms with E-state index >= 15 is 0 Å². The van der Waals surface area contributed by atoms with E-state index in [-0.39, 0.29) is 11.6 Å². The molecule has 0 N–H and O–H groups in total. The first-order valence-corrected chi connectivity index (χ1v) is 5.74. The zero-order chi connectivity index (χ0) is 13.1. The van der Waals surface area contributed by atoms with E-state index in [2.05, 4.69) is 12.6 Å². The van der Waals surface area contributed by atoms with Gasteiger partial charge in [-0.25, -0.2) is 4.39 Å². The molecule has 0 unspecified atom stereocenters. The number of methoxy groups -OCH3 is 1. The zero-order valence-corrected chi connectivity index (χ0v) is 10.6. The van der Waals surface area contributed by atoms with Crippen LogP contribution in [0.25, 0.3) is 0 Å². The molecule has 0 aliphatic carbocycles. The monoisotopic (exact) mass is 262 g/mol. The molecule has 2 aromatic carbocycles. The molecule has 2 nitrogen and oxygen atoms in total. The van der Waals surface area contributed by atoms with Crippen molar-refractivity contribution < 1.29 is 13.9 Å². The van der Waals surface area contributed by atoms with Crippen molar-refractivity contribution in [2.75, 3.05) is 7.11 Å². The molecule has 0 fully saturated rings. The summed E-state index contributed by atoms with van der Waals surface area (Å²) in [5.74, 6) is 0.000417. The van der Waals surface area contributed by atoms with Gasteiger partial charge in [-0.15, -0.1) is 12.6 Å². The second kappa shape index (κ2) is 5.23. The van der Waals surface area contributed by atoms with Gasteiger partial charge < -0.3 is 4.74 Å². The molecule has 0 heterocycles. The van der Waals surface area contributed by atoms with Gasteiger partial charge in [0, 0.05) is 16.0 Å². The van der Waals surface area contributed by atoms with Crippen molar-refractivity contribution in [1.82, 2.24) is 0 Å². The molecule has 0 atom stereocenters. The molecule has 0 spiro atoms. The Morgan fingerprint density at radius 2 is 1.83 bits per heavy atom. The van der Waals surface area contributed by atoms with Crippen LogP contribution >= 0.6 is 12.6 Å². The number of ketones is 1. The maximum Gasteiger partial charge on any atom is 0.194 e. The molecule has 0 aliphatic heterocycles. The fraction of sp³-hybridized carbons (Fsp3) is 0.0714. The van der Waals surface area contributed by atoms with Crippen LogP contribution in [0.3, 0.4) is 0 Å². The molecule has 4 heteroatoms. The van der Waals surface area contributed by atoms with Crippen LogP contribution in [-0.2, 0) is 0 Å². The topological polar surface area (TPSA) is 26.3 Å². The first-order chi connectivity index (χ1) is 8.61. The van der Waals surface area contributed by atoms with E-state index in [1.807, 2.05) is 0 Å². The summed E-state index contributed by atoms with van der Waals surface area (Å²) in [4.78, 5) is 12.8. The Balaban J connectivity index is 2.42. The fourth-order valence-corrected chi connectivity index (χ4v) is 1.82. The highest BCUT2D eigenvalue weighted by Crippen LogP contribution is 2.23. The maximum absolute atomic E-state index is 12.8. The van der Waals surface area contributed by atoms with Crippen molar-refractivity contribution >= 4 is 18.4 Å². The number of rotatable bonds is 3. The summed E-state index contributed by atoms with van der Waals surface area (Å²) in [6.45, 7) is 0. The smallest absolute Gasteiger partial charge is 0.194 e. The van der Waals surface area contributed by atoms with Gasteiger partial charge in [-0.3, -0.25) is 4.79 Å². The maximum atomic E-state index is 12.8. The lowest BCUT2D eigenvalue weighted by Gasteiger charge is -2.07. The summed E-state index contributed by atoms with van der Waals surface area (Å²) in [5, 5.41) is 0. The Morgan fingerprint density at radius 3 is 2.44 bits per heavy atom. The minimum absolute atomic E-state index is 0.209. The number of carbonyl (C=O) groups excluding carboxylic acids is 1. The van der Waals surface area contributed by atoms with Gasteiger partial charge in [-0.1, -0.05) is 0 Å². The van der Waals surface area contributed by atoms with E-state index in [4.69, 9.17) is 4.74 Å². The van der Waals surface area contributed by atoms with Crippen LogP contribution < -0.4 is 4.74 Å².